The zero-order valence-corrected chi connectivity index (χ0v) is 12.4. The second-order valence-corrected chi connectivity index (χ2v) is 5.45. The molecule has 0 aliphatic carbocycles. The van der Waals surface area contributed by atoms with E-state index in [4.69, 9.17) is 27.9 Å². The van der Waals surface area contributed by atoms with E-state index in [1.165, 1.54) is 6.07 Å². The summed E-state index contributed by atoms with van der Waals surface area (Å²) in [4.78, 5) is 12.6. The number of carbonyl (C=O) groups excluding carboxylic acids is 1. The highest BCUT2D eigenvalue weighted by Gasteiger charge is 2.38. The first kappa shape index (κ1) is 16.4. The first-order valence-corrected chi connectivity index (χ1v) is 6.95. The van der Waals surface area contributed by atoms with Gasteiger partial charge in [0.1, 0.15) is 0 Å². The van der Waals surface area contributed by atoms with Crippen molar-refractivity contribution in [3.63, 3.8) is 0 Å². The quantitative estimate of drug-likeness (QED) is 0.788. The molecule has 116 valence electrons. The van der Waals surface area contributed by atoms with Crippen LogP contribution < -0.4 is 4.90 Å². The first-order valence-electron chi connectivity index (χ1n) is 6.19. The molecule has 1 saturated heterocycles. The molecule has 2 rings (SSSR count). The molecule has 1 aromatic rings. The van der Waals surface area contributed by atoms with Gasteiger partial charge in [-0.1, -0.05) is 11.6 Å². The molecule has 0 bridgehead atoms. The fraction of sp³-hybridized carbons (Fsp3) is 0.462. The number of benzene rings is 1. The fourth-order valence-electron chi connectivity index (χ4n) is 2.32. The van der Waals surface area contributed by atoms with Crippen LogP contribution in [0.15, 0.2) is 12.1 Å². The standard InChI is InChI=1S/C13H12Cl2F3NO2/c14-9-5-8(6-11(15)20)12(13(16,17)18)10(7-9)19-1-3-21-4-2-19/h5,7H,1-4,6H2. The number of carbonyl (C=O) groups is 1. The van der Waals surface area contributed by atoms with Crippen LogP contribution in [-0.2, 0) is 22.1 Å². The SMILES string of the molecule is O=C(Cl)Cc1cc(Cl)cc(N2CCOCC2)c1C(F)(F)F. The number of ether oxygens (including phenoxy) is 1. The Morgan fingerprint density at radius 1 is 1.29 bits per heavy atom. The Morgan fingerprint density at radius 2 is 1.90 bits per heavy atom. The third-order valence-corrected chi connectivity index (χ3v) is 3.48. The topological polar surface area (TPSA) is 29.5 Å². The minimum absolute atomic E-state index is 0.0359. The molecule has 0 saturated carbocycles. The van der Waals surface area contributed by atoms with Gasteiger partial charge in [0.05, 0.1) is 24.5 Å². The second-order valence-electron chi connectivity index (χ2n) is 4.59. The van der Waals surface area contributed by atoms with Gasteiger partial charge in [0, 0.05) is 24.5 Å². The summed E-state index contributed by atoms with van der Waals surface area (Å²) in [5.74, 6) is 0. The summed E-state index contributed by atoms with van der Waals surface area (Å²) in [6, 6.07) is 2.40. The summed E-state index contributed by atoms with van der Waals surface area (Å²) < 4.78 is 45.3. The van der Waals surface area contributed by atoms with E-state index in [0.29, 0.717) is 26.3 Å². The molecular weight excluding hydrogens is 330 g/mol. The minimum Gasteiger partial charge on any atom is -0.378 e. The fourth-order valence-corrected chi connectivity index (χ4v) is 2.70. The van der Waals surface area contributed by atoms with Crippen LogP contribution in [0.2, 0.25) is 5.02 Å². The van der Waals surface area contributed by atoms with E-state index in [0.717, 1.165) is 6.07 Å². The zero-order valence-electron chi connectivity index (χ0n) is 10.8. The molecule has 1 heterocycles. The number of nitrogens with zero attached hydrogens (tertiary/aromatic N) is 1. The third kappa shape index (κ3) is 4.02. The van der Waals surface area contributed by atoms with Gasteiger partial charge in [-0.05, 0) is 29.3 Å². The smallest absolute Gasteiger partial charge is 0.378 e. The molecule has 21 heavy (non-hydrogen) atoms. The Kier molecular flexibility index (Phi) is 5.01. The number of halogens is 5. The van der Waals surface area contributed by atoms with Crippen LogP contribution in [0.25, 0.3) is 0 Å². The van der Waals surface area contributed by atoms with Gasteiger partial charge in [-0.15, -0.1) is 0 Å². The van der Waals surface area contributed by atoms with Crippen LogP contribution >= 0.6 is 23.2 Å². The van der Waals surface area contributed by atoms with Crippen molar-refractivity contribution in [2.45, 2.75) is 12.6 Å². The molecule has 1 aliphatic rings. The van der Waals surface area contributed by atoms with Crippen molar-refractivity contribution >= 4 is 34.1 Å². The summed E-state index contributed by atoms with van der Waals surface area (Å²) in [5.41, 5.74) is -1.11. The van der Waals surface area contributed by atoms with Crippen LogP contribution in [0.5, 0.6) is 0 Å². The maximum Gasteiger partial charge on any atom is 0.418 e. The van der Waals surface area contributed by atoms with Crippen molar-refractivity contribution < 1.29 is 22.7 Å². The van der Waals surface area contributed by atoms with E-state index in [1.807, 2.05) is 0 Å². The lowest BCUT2D eigenvalue weighted by Crippen LogP contribution is -2.37. The molecular formula is C13H12Cl2F3NO2. The molecule has 1 aromatic carbocycles. The van der Waals surface area contributed by atoms with Crippen molar-refractivity contribution in [1.29, 1.82) is 0 Å². The minimum atomic E-state index is -4.60. The van der Waals surface area contributed by atoms with E-state index in [-0.39, 0.29) is 16.3 Å². The lowest BCUT2D eigenvalue weighted by Gasteiger charge is -2.32. The Morgan fingerprint density at radius 3 is 2.43 bits per heavy atom. The van der Waals surface area contributed by atoms with Gasteiger partial charge in [-0.3, -0.25) is 4.79 Å². The molecule has 1 fully saturated rings. The Labute approximate surface area is 129 Å². The number of alkyl halides is 3. The molecule has 0 aromatic heterocycles. The van der Waals surface area contributed by atoms with Crippen LogP contribution in [0, 0.1) is 0 Å². The van der Waals surface area contributed by atoms with Gasteiger partial charge in [0.15, 0.2) is 0 Å². The second kappa shape index (κ2) is 6.42. The van der Waals surface area contributed by atoms with E-state index in [2.05, 4.69) is 0 Å². The molecule has 3 nitrogen and oxygen atoms in total. The molecule has 1 aliphatic heterocycles. The van der Waals surface area contributed by atoms with Gasteiger partial charge >= 0.3 is 6.18 Å². The van der Waals surface area contributed by atoms with Crippen molar-refractivity contribution in [3.8, 4) is 0 Å². The van der Waals surface area contributed by atoms with E-state index < -0.39 is 23.4 Å². The Bertz CT molecular complexity index is 543. The summed E-state index contributed by atoms with van der Waals surface area (Å²) in [5, 5.41) is -0.729. The van der Waals surface area contributed by atoms with Crippen molar-refractivity contribution in [3.05, 3.63) is 28.3 Å². The van der Waals surface area contributed by atoms with Crippen LogP contribution in [0.1, 0.15) is 11.1 Å². The predicted molar refractivity (Wildman–Crippen MR) is 74.1 cm³/mol. The van der Waals surface area contributed by atoms with Gasteiger partial charge < -0.3 is 9.64 Å². The van der Waals surface area contributed by atoms with Gasteiger partial charge in [0.2, 0.25) is 5.24 Å². The Balaban J connectivity index is 2.55. The average molecular weight is 342 g/mol. The van der Waals surface area contributed by atoms with Crippen LogP contribution in [-0.4, -0.2) is 31.5 Å². The summed E-state index contributed by atoms with van der Waals surface area (Å²) in [6.45, 7) is 1.34. The average Bonchev–Trinajstić information content (AvgIpc) is 2.36. The van der Waals surface area contributed by atoms with E-state index in [9.17, 15) is 18.0 Å². The van der Waals surface area contributed by atoms with E-state index >= 15 is 0 Å². The highest BCUT2D eigenvalue weighted by Crippen LogP contribution is 2.41. The van der Waals surface area contributed by atoms with E-state index in [1.54, 1.807) is 4.90 Å². The molecule has 0 spiro atoms. The first-order chi connectivity index (χ1) is 9.79. The summed E-state index contributed by atoms with van der Waals surface area (Å²) in [6.07, 6.45) is -5.12. The predicted octanol–water partition coefficient (Wildman–Crippen LogP) is 3.50. The van der Waals surface area contributed by atoms with Gasteiger partial charge in [0.25, 0.3) is 0 Å². The zero-order chi connectivity index (χ0) is 15.6. The molecule has 0 N–H and O–H groups in total. The maximum absolute atomic E-state index is 13.4. The van der Waals surface area contributed by atoms with Gasteiger partial charge in [-0.25, -0.2) is 0 Å². The lowest BCUT2D eigenvalue weighted by molar-refractivity contribution is -0.137. The third-order valence-electron chi connectivity index (χ3n) is 3.13. The van der Waals surface area contributed by atoms with Crippen molar-refractivity contribution in [1.82, 2.24) is 0 Å². The Hall–Kier alpha value is -0.980. The number of hydrogen-bond acceptors (Lipinski definition) is 3. The lowest BCUT2D eigenvalue weighted by atomic mass is 10.0. The number of anilines is 1. The molecule has 8 heteroatoms. The monoisotopic (exact) mass is 341 g/mol. The molecule has 0 atom stereocenters. The highest BCUT2D eigenvalue weighted by atomic mass is 35.5. The largest absolute Gasteiger partial charge is 0.418 e. The molecule has 0 amide bonds. The molecule has 0 radical (unpaired) electrons. The van der Waals surface area contributed by atoms with Crippen LogP contribution in [0.3, 0.4) is 0 Å². The van der Waals surface area contributed by atoms with Crippen molar-refractivity contribution in [2.24, 2.45) is 0 Å². The normalized spacial score (nSPS) is 16.1. The number of morpholine rings is 1. The number of hydrogen-bond donors (Lipinski definition) is 0. The van der Waals surface area contributed by atoms with Crippen LogP contribution in [0.4, 0.5) is 18.9 Å². The highest BCUT2D eigenvalue weighted by molar-refractivity contribution is 6.63. The summed E-state index contributed by atoms with van der Waals surface area (Å²) >= 11 is 11.1. The van der Waals surface area contributed by atoms with Gasteiger partial charge in [-0.2, -0.15) is 13.2 Å². The summed E-state index contributed by atoms with van der Waals surface area (Å²) in [7, 11) is 0. The number of rotatable bonds is 3. The van der Waals surface area contributed by atoms with Crippen molar-refractivity contribution in [2.75, 3.05) is 31.2 Å². The molecule has 0 unspecified atom stereocenters. The maximum atomic E-state index is 13.4.